The van der Waals surface area contributed by atoms with Gasteiger partial charge in [-0.3, -0.25) is 4.79 Å². The first-order valence-electron chi connectivity index (χ1n) is 7.95. The molecule has 0 spiro atoms. The second-order valence-electron chi connectivity index (χ2n) is 5.73. The molecule has 1 aromatic heterocycles. The van der Waals surface area contributed by atoms with Crippen LogP contribution >= 0.6 is 23.2 Å². The molecule has 1 amide bonds. The molecule has 1 N–H and O–H groups in total. The average Bonchev–Trinajstić information content (AvgIpc) is 3.47. The number of anilines is 1. The summed E-state index contributed by atoms with van der Waals surface area (Å²) in [5.41, 5.74) is 0.132. The quantitative estimate of drug-likeness (QED) is 0.484. The van der Waals surface area contributed by atoms with Crippen LogP contribution in [0, 0.1) is 5.92 Å². The predicted octanol–water partition coefficient (Wildman–Crippen LogP) is 4.96. The Morgan fingerprint density at radius 1 is 1.19 bits per heavy atom. The van der Waals surface area contributed by atoms with Crippen LogP contribution in [0.1, 0.15) is 23.2 Å². The van der Waals surface area contributed by atoms with Gasteiger partial charge in [0.15, 0.2) is 0 Å². The largest absolute Gasteiger partial charge is 0.415 e. The molecular weight excluding hydrogens is 405 g/mol. The molecule has 2 aromatic rings. The summed E-state index contributed by atoms with van der Waals surface area (Å²) in [5.74, 6) is -1.17. The molecule has 144 valence electrons. The van der Waals surface area contributed by atoms with Crippen molar-refractivity contribution >= 4 is 34.8 Å². The van der Waals surface area contributed by atoms with Crippen molar-refractivity contribution in [3.63, 3.8) is 0 Å². The van der Waals surface area contributed by atoms with Gasteiger partial charge in [0.2, 0.25) is 5.88 Å². The molecule has 0 atom stereocenters. The van der Waals surface area contributed by atoms with E-state index in [9.17, 15) is 13.6 Å². The van der Waals surface area contributed by atoms with E-state index >= 15 is 0 Å². The lowest BCUT2D eigenvalue weighted by atomic mass is 10.2. The van der Waals surface area contributed by atoms with Crippen LogP contribution in [-0.4, -0.2) is 24.1 Å². The number of nitrogens with one attached hydrogen (secondary N) is 1. The number of amides is 1. The first-order chi connectivity index (χ1) is 13.0. The topological polar surface area (TPSA) is 69.7 Å². The number of carbonyl (C=O) groups excluding carboxylic acids is 1. The Morgan fingerprint density at radius 3 is 2.48 bits per heavy atom. The summed E-state index contributed by atoms with van der Waals surface area (Å²) in [6.45, 7) is -2.88. The van der Waals surface area contributed by atoms with Crippen LogP contribution in [0.5, 0.6) is 11.8 Å². The van der Waals surface area contributed by atoms with Crippen molar-refractivity contribution in [2.45, 2.75) is 19.5 Å². The highest BCUT2D eigenvalue weighted by Gasteiger charge is 2.26. The lowest BCUT2D eigenvalue weighted by Gasteiger charge is -2.15. The SMILES string of the molecule is O=C(Nc1c(Cl)c(OOCC2CC2)nc(OC(F)F)c1Cl)c1ccccc1. The number of hydrogen-bond acceptors (Lipinski definition) is 5. The van der Waals surface area contributed by atoms with E-state index in [1.54, 1.807) is 30.3 Å². The highest BCUT2D eigenvalue weighted by Crippen LogP contribution is 2.42. The Hall–Kier alpha value is -2.16. The number of pyridine rings is 1. The Bertz CT molecular complexity index is 820. The highest BCUT2D eigenvalue weighted by molar-refractivity contribution is 6.41. The van der Waals surface area contributed by atoms with Crippen LogP contribution in [0.2, 0.25) is 10.0 Å². The smallest absolute Gasteiger partial charge is 0.388 e. The van der Waals surface area contributed by atoms with Gasteiger partial charge in [0.25, 0.3) is 11.8 Å². The lowest BCUT2D eigenvalue weighted by Crippen LogP contribution is -2.15. The Morgan fingerprint density at radius 2 is 1.85 bits per heavy atom. The van der Waals surface area contributed by atoms with E-state index in [1.165, 1.54) is 0 Å². The summed E-state index contributed by atoms with van der Waals surface area (Å²) >= 11 is 12.2. The fourth-order valence-electron chi connectivity index (χ4n) is 2.07. The number of alkyl halides is 2. The monoisotopic (exact) mass is 418 g/mol. The average molecular weight is 419 g/mol. The zero-order chi connectivity index (χ0) is 19.4. The van der Waals surface area contributed by atoms with E-state index in [1.807, 2.05) is 0 Å². The van der Waals surface area contributed by atoms with E-state index < -0.39 is 18.4 Å². The summed E-state index contributed by atoms with van der Waals surface area (Å²) < 4.78 is 29.6. The first kappa shape index (κ1) is 19.6. The summed E-state index contributed by atoms with van der Waals surface area (Å²) in [6, 6.07) is 8.18. The van der Waals surface area contributed by atoms with Crippen LogP contribution in [0.25, 0.3) is 0 Å². The second-order valence-corrected chi connectivity index (χ2v) is 6.49. The van der Waals surface area contributed by atoms with Crippen LogP contribution in [0.15, 0.2) is 30.3 Å². The minimum atomic E-state index is -3.19. The van der Waals surface area contributed by atoms with Gasteiger partial charge in [-0.05, 0) is 30.9 Å². The molecule has 6 nitrogen and oxygen atoms in total. The van der Waals surface area contributed by atoms with E-state index in [2.05, 4.69) is 15.0 Å². The first-order valence-corrected chi connectivity index (χ1v) is 8.71. The maximum atomic E-state index is 12.6. The van der Waals surface area contributed by atoms with Gasteiger partial charge in [-0.1, -0.05) is 41.4 Å². The molecule has 10 heteroatoms. The fraction of sp³-hybridized carbons (Fsp3) is 0.294. The summed E-state index contributed by atoms with van der Waals surface area (Å²) in [6.07, 6.45) is 2.03. The maximum absolute atomic E-state index is 12.6. The molecule has 1 saturated carbocycles. The van der Waals surface area contributed by atoms with Gasteiger partial charge in [-0.15, -0.1) is 0 Å². The van der Waals surface area contributed by atoms with Gasteiger partial charge >= 0.3 is 6.61 Å². The molecule has 0 unspecified atom stereocenters. The van der Waals surface area contributed by atoms with Gasteiger partial charge in [-0.2, -0.15) is 18.7 Å². The minimum absolute atomic E-state index is 0.178. The molecular formula is C17H14Cl2F2N2O4. The summed E-state index contributed by atoms with van der Waals surface area (Å²) in [7, 11) is 0. The predicted molar refractivity (Wildman–Crippen MR) is 94.6 cm³/mol. The Labute approximate surface area is 163 Å². The van der Waals surface area contributed by atoms with Crippen molar-refractivity contribution in [3.8, 4) is 11.8 Å². The molecule has 1 fully saturated rings. The number of carbonyl (C=O) groups is 1. The molecule has 0 bridgehead atoms. The highest BCUT2D eigenvalue weighted by atomic mass is 35.5. The van der Waals surface area contributed by atoms with Gasteiger partial charge in [-0.25, -0.2) is 0 Å². The molecule has 1 aliphatic rings. The third-order valence-corrected chi connectivity index (χ3v) is 4.33. The molecule has 1 heterocycles. The van der Waals surface area contributed by atoms with Crippen molar-refractivity contribution in [3.05, 3.63) is 45.9 Å². The minimum Gasteiger partial charge on any atom is -0.415 e. The van der Waals surface area contributed by atoms with Gasteiger partial charge in [0.1, 0.15) is 10.0 Å². The number of nitrogens with zero attached hydrogens (tertiary/aromatic N) is 1. The number of halogens is 4. The molecule has 0 saturated heterocycles. The molecule has 1 aliphatic carbocycles. The third kappa shape index (κ3) is 5.18. The Balaban J connectivity index is 1.87. The lowest BCUT2D eigenvalue weighted by molar-refractivity contribution is -0.213. The molecule has 27 heavy (non-hydrogen) atoms. The van der Waals surface area contributed by atoms with Crippen LogP contribution in [0.4, 0.5) is 14.5 Å². The standard InChI is InChI=1S/C17H14Cl2F2N2O4/c18-11-13(22-14(24)10-4-2-1-3-5-10)12(19)16(23-15(11)26-17(20)21)27-25-8-9-6-7-9/h1-5,9,17H,6-8H2,(H,22,23,24). The zero-order valence-electron chi connectivity index (χ0n) is 13.8. The number of hydrogen-bond donors (Lipinski definition) is 1. The summed E-state index contributed by atoms with van der Waals surface area (Å²) in [5, 5.41) is 1.86. The van der Waals surface area contributed by atoms with Crippen molar-refractivity contribution < 1.29 is 28.1 Å². The number of aromatic nitrogens is 1. The van der Waals surface area contributed by atoms with Crippen molar-refractivity contribution in [1.29, 1.82) is 0 Å². The third-order valence-electron chi connectivity index (χ3n) is 3.63. The fourth-order valence-corrected chi connectivity index (χ4v) is 2.57. The number of rotatable bonds is 8. The molecule has 0 radical (unpaired) electrons. The second kappa shape index (κ2) is 8.69. The van der Waals surface area contributed by atoms with Gasteiger partial charge in [0, 0.05) is 5.56 Å². The van der Waals surface area contributed by atoms with E-state index in [0.29, 0.717) is 18.1 Å². The van der Waals surface area contributed by atoms with Crippen LogP contribution in [-0.2, 0) is 4.89 Å². The van der Waals surface area contributed by atoms with E-state index in [0.717, 1.165) is 12.8 Å². The molecule has 1 aromatic carbocycles. The van der Waals surface area contributed by atoms with E-state index in [-0.39, 0.29) is 21.6 Å². The van der Waals surface area contributed by atoms with Crippen LogP contribution < -0.4 is 14.9 Å². The van der Waals surface area contributed by atoms with Crippen molar-refractivity contribution in [1.82, 2.24) is 4.98 Å². The molecule has 0 aliphatic heterocycles. The zero-order valence-corrected chi connectivity index (χ0v) is 15.3. The van der Waals surface area contributed by atoms with Crippen molar-refractivity contribution in [2.75, 3.05) is 11.9 Å². The van der Waals surface area contributed by atoms with E-state index in [4.69, 9.17) is 33.0 Å². The normalized spacial score (nSPS) is 13.5. The Kier molecular flexibility index (Phi) is 6.30. The van der Waals surface area contributed by atoms with Gasteiger partial charge in [0.05, 0.1) is 12.3 Å². The molecule has 3 rings (SSSR count). The van der Waals surface area contributed by atoms with Crippen LogP contribution in [0.3, 0.4) is 0 Å². The maximum Gasteiger partial charge on any atom is 0.388 e. The van der Waals surface area contributed by atoms with Crippen molar-refractivity contribution in [2.24, 2.45) is 5.92 Å². The van der Waals surface area contributed by atoms with Gasteiger partial charge < -0.3 is 14.9 Å². The summed E-state index contributed by atoms with van der Waals surface area (Å²) in [4.78, 5) is 26.1. The number of benzene rings is 1. The number of ether oxygens (including phenoxy) is 1.